The van der Waals surface area contributed by atoms with Gasteiger partial charge in [0.15, 0.2) is 0 Å². The molecule has 0 spiro atoms. The molecule has 4 rings (SSSR count). The fourth-order valence-electron chi connectivity index (χ4n) is 4.54. The highest BCUT2D eigenvalue weighted by Crippen LogP contribution is 2.41. The molecule has 3 nitrogen and oxygen atoms in total. The third-order valence-corrected chi connectivity index (χ3v) is 6.12. The van der Waals surface area contributed by atoms with Crippen molar-refractivity contribution in [2.75, 3.05) is 0 Å². The molecule has 3 aromatic rings. The standard InChI is InChI=1S/C27H27F4NO2/c1-16(2)26-21(15-34-14-17-5-3-6-19(13-17)27(29,30)31)24(18-9-11-20(28)12-10-18)25-22(32-26)7-4-8-23(25)33/h3,5-6,9-13,16,23,33H,4,7-8,14-15H2,1-2H3. The zero-order chi connectivity index (χ0) is 24.5. The Morgan fingerprint density at radius 2 is 1.82 bits per heavy atom. The fraction of sp³-hybridized carbons (Fsp3) is 0.370. The number of halogens is 4. The molecule has 1 aromatic heterocycles. The summed E-state index contributed by atoms with van der Waals surface area (Å²) < 4.78 is 58.8. The van der Waals surface area contributed by atoms with Gasteiger partial charge in [0.05, 0.1) is 24.9 Å². The highest BCUT2D eigenvalue weighted by molar-refractivity contribution is 5.73. The SMILES string of the molecule is CC(C)c1nc2c(c(-c3ccc(F)cc3)c1COCc1cccc(C(F)(F)F)c1)C(O)CCC2. The molecule has 1 N–H and O–H groups in total. The summed E-state index contributed by atoms with van der Waals surface area (Å²) in [6.45, 7) is 4.12. The van der Waals surface area contributed by atoms with Gasteiger partial charge in [-0.05, 0) is 66.1 Å². The molecular formula is C27H27F4NO2. The highest BCUT2D eigenvalue weighted by Gasteiger charge is 2.31. The number of hydrogen-bond donors (Lipinski definition) is 1. The number of hydrogen-bond acceptors (Lipinski definition) is 3. The van der Waals surface area contributed by atoms with Crippen LogP contribution < -0.4 is 0 Å². The van der Waals surface area contributed by atoms with Gasteiger partial charge in [-0.15, -0.1) is 0 Å². The van der Waals surface area contributed by atoms with Crippen LogP contribution in [0.25, 0.3) is 11.1 Å². The van der Waals surface area contributed by atoms with Gasteiger partial charge >= 0.3 is 6.18 Å². The number of aryl methyl sites for hydroxylation is 1. The number of fused-ring (bicyclic) bond motifs is 1. The molecule has 1 aliphatic carbocycles. The number of aliphatic hydroxyl groups is 1. The average molecular weight is 474 g/mol. The van der Waals surface area contributed by atoms with E-state index >= 15 is 0 Å². The largest absolute Gasteiger partial charge is 0.416 e. The molecule has 1 aliphatic rings. The van der Waals surface area contributed by atoms with Crippen LogP contribution in [0.2, 0.25) is 0 Å². The second-order valence-electron chi connectivity index (χ2n) is 8.97. The van der Waals surface area contributed by atoms with Crippen molar-refractivity contribution >= 4 is 0 Å². The monoisotopic (exact) mass is 473 g/mol. The molecule has 0 radical (unpaired) electrons. The minimum Gasteiger partial charge on any atom is -0.388 e. The number of pyridine rings is 1. The Hall–Kier alpha value is -2.77. The van der Waals surface area contributed by atoms with Crippen molar-refractivity contribution in [1.29, 1.82) is 0 Å². The fourth-order valence-corrected chi connectivity index (χ4v) is 4.54. The Balaban J connectivity index is 1.74. The molecule has 1 atom stereocenters. The van der Waals surface area contributed by atoms with E-state index in [-0.39, 0.29) is 24.9 Å². The van der Waals surface area contributed by atoms with Crippen LogP contribution >= 0.6 is 0 Å². The number of nitrogens with zero attached hydrogens (tertiary/aromatic N) is 1. The lowest BCUT2D eigenvalue weighted by Gasteiger charge is -2.28. The molecule has 34 heavy (non-hydrogen) atoms. The van der Waals surface area contributed by atoms with Gasteiger partial charge < -0.3 is 9.84 Å². The molecule has 0 fully saturated rings. The summed E-state index contributed by atoms with van der Waals surface area (Å²) in [7, 11) is 0. The summed E-state index contributed by atoms with van der Waals surface area (Å²) in [6, 6.07) is 11.2. The van der Waals surface area contributed by atoms with E-state index in [2.05, 4.69) is 0 Å². The van der Waals surface area contributed by atoms with Crippen LogP contribution in [-0.4, -0.2) is 10.1 Å². The average Bonchev–Trinajstić information content (AvgIpc) is 2.79. The van der Waals surface area contributed by atoms with E-state index in [1.807, 2.05) is 13.8 Å². The van der Waals surface area contributed by atoms with Gasteiger partial charge in [-0.1, -0.05) is 38.1 Å². The Morgan fingerprint density at radius 1 is 1.09 bits per heavy atom. The quantitative estimate of drug-likeness (QED) is 0.388. The first-order valence-corrected chi connectivity index (χ1v) is 11.4. The van der Waals surface area contributed by atoms with Crippen molar-refractivity contribution in [3.05, 3.63) is 88.0 Å². The van der Waals surface area contributed by atoms with Crippen LogP contribution in [0.5, 0.6) is 0 Å². The lowest BCUT2D eigenvalue weighted by Crippen LogP contribution is -2.18. The summed E-state index contributed by atoms with van der Waals surface area (Å²) in [4.78, 5) is 4.88. The molecule has 1 heterocycles. The van der Waals surface area contributed by atoms with Crippen molar-refractivity contribution in [3.8, 4) is 11.1 Å². The molecular weight excluding hydrogens is 446 g/mol. The van der Waals surface area contributed by atoms with Crippen molar-refractivity contribution < 1.29 is 27.4 Å². The maximum absolute atomic E-state index is 13.7. The van der Waals surface area contributed by atoms with Crippen LogP contribution in [0.15, 0.2) is 48.5 Å². The molecule has 180 valence electrons. The van der Waals surface area contributed by atoms with Crippen molar-refractivity contribution in [2.45, 2.75) is 64.5 Å². The Labute approximate surface area is 196 Å². The van der Waals surface area contributed by atoms with E-state index in [9.17, 15) is 22.7 Å². The number of alkyl halides is 3. The van der Waals surface area contributed by atoms with Gasteiger partial charge in [-0.2, -0.15) is 13.2 Å². The van der Waals surface area contributed by atoms with E-state index in [0.29, 0.717) is 12.0 Å². The lowest BCUT2D eigenvalue weighted by atomic mass is 9.83. The van der Waals surface area contributed by atoms with Gasteiger partial charge in [0, 0.05) is 22.5 Å². The first kappa shape index (κ1) is 24.4. The van der Waals surface area contributed by atoms with Gasteiger partial charge in [0.25, 0.3) is 0 Å². The van der Waals surface area contributed by atoms with Gasteiger partial charge in [-0.25, -0.2) is 4.39 Å². The number of benzene rings is 2. The Morgan fingerprint density at radius 3 is 2.50 bits per heavy atom. The molecule has 0 amide bonds. The summed E-state index contributed by atoms with van der Waals surface area (Å²) in [5.74, 6) is -0.311. The summed E-state index contributed by atoms with van der Waals surface area (Å²) in [6.07, 6.45) is -2.94. The molecule has 0 saturated heterocycles. The minimum absolute atomic E-state index is 0.00997. The number of aromatic nitrogens is 1. The van der Waals surface area contributed by atoms with Crippen LogP contribution in [0.1, 0.15) is 72.4 Å². The van der Waals surface area contributed by atoms with E-state index in [1.54, 1.807) is 18.2 Å². The third kappa shape index (κ3) is 5.15. The Bertz CT molecular complexity index is 1160. The van der Waals surface area contributed by atoms with E-state index in [1.165, 1.54) is 18.2 Å². The van der Waals surface area contributed by atoms with Gasteiger partial charge in [-0.3, -0.25) is 4.98 Å². The molecule has 0 aliphatic heterocycles. The molecule has 0 saturated carbocycles. The first-order chi connectivity index (χ1) is 16.1. The number of rotatable bonds is 6. The highest BCUT2D eigenvalue weighted by atomic mass is 19.4. The summed E-state index contributed by atoms with van der Waals surface area (Å²) >= 11 is 0. The van der Waals surface area contributed by atoms with Crippen LogP contribution in [-0.2, 0) is 30.5 Å². The summed E-state index contributed by atoms with van der Waals surface area (Å²) in [5.41, 5.74) is 4.38. The van der Waals surface area contributed by atoms with Crippen molar-refractivity contribution in [2.24, 2.45) is 0 Å². The van der Waals surface area contributed by atoms with Crippen molar-refractivity contribution in [1.82, 2.24) is 4.98 Å². The molecule has 1 unspecified atom stereocenters. The van der Waals surface area contributed by atoms with Crippen LogP contribution in [0.3, 0.4) is 0 Å². The predicted molar refractivity (Wildman–Crippen MR) is 122 cm³/mol. The normalized spacial score (nSPS) is 16.1. The van der Waals surface area contributed by atoms with Crippen molar-refractivity contribution in [3.63, 3.8) is 0 Å². The van der Waals surface area contributed by atoms with E-state index in [4.69, 9.17) is 9.72 Å². The maximum Gasteiger partial charge on any atom is 0.416 e. The van der Waals surface area contributed by atoms with Gasteiger partial charge in [0.2, 0.25) is 0 Å². The number of aliphatic hydroxyl groups excluding tert-OH is 1. The zero-order valence-electron chi connectivity index (χ0n) is 19.1. The topological polar surface area (TPSA) is 42.4 Å². The molecule has 2 aromatic carbocycles. The first-order valence-electron chi connectivity index (χ1n) is 11.4. The van der Waals surface area contributed by atoms with E-state index < -0.39 is 17.8 Å². The smallest absolute Gasteiger partial charge is 0.388 e. The third-order valence-electron chi connectivity index (χ3n) is 6.12. The zero-order valence-corrected chi connectivity index (χ0v) is 19.1. The van der Waals surface area contributed by atoms with Crippen LogP contribution in [0, 0.1) is 5.82 Å². The predicted octanol–water partition coefficient (Wildman–Crippen LogP) is 7.12. The lowest BCUT2D eigenvalue weighted by molar-refractivity contribution is -0.137. The molecule has 7 heteroatoms. The maximum atomic E-state index is 13.7. The minimum atomic E-state index is -4.42. The Kier molecular flexibility index (Phi) is 7.05. The van der Waals surface area contributed by atoms with Gasteiger partial charge in [0.1, 0.15) is 5.82 Å². The second-order valence-corrected chi connectivity index (χ2v) is 8.97. The number of ether oxygens (including phenoxy) is 1. The summed E-state index contributed by atoms with van der Waals surface area (Å²) in [5, 5.41) is 10.9. The molecule has 0 bridgehead atoms. The second kappa shape index (κ2) is 9.84. The van der Waals surface area contributed by atoms with Crippen LogP contribution in [0.4, 0.5) is 17.6 Å². The van der Waals surface area contributed by atoms with E-state index in [0.717, 1.165) is 58.6 Å².